The molecule has 0 bridgehead atoms. The summed E-state index contributed by atoms with van der Waals surface area (Å²) in [5.74, 6) is 0. The predicted octanol–water partition coefficient (Wildman–Crippen LogP) is 2.62. The summed E-state index contributed by atoms with van der Waals surface area (Å²) in [6.45, 7) is 1.98. The van der Waals surface area contributed by atoms with Gasteiger partial charge in [-0.25, -0.2) is 0 Å². The van der Waals surface area contributed by atoms with Crippen LogP contribution in [0.3, 0.4) is 0 Å². The minimum atomic E-state index is -0.0523. The zero-order valence-corrected chi connectivity index (χ0v) is 10.8. The normalized spacial score (nSPS) is 12.7. The van der Waals surface area contributed by atoms with Gasteiger partial charge in [0, 0.05) is 30.2 Å². The second-order valence-corrected chi connectivity index (χ2v) is 4.70. The molecule has 3 nitrogen and oxygen atoms in total. The standard InChI is InChI=1S/C13H16ClN3/c1-9-6-12(17(2)16-9)8-13(15)10-4-3-5-11(14)7-10/h3-7,13H,8,15H2,1-2H3. The Labute approximate surface area is 106 Å². The van der Waals surface area contributed by atoms with Crippen LogP contribution < -0.4 is 5.73 Å². The Morgan fingerprint density at radius 3 is 2.76 bits per heavy atom. The van der Waals surface area contributed by atoms with Crippen LogP contribution in [0.4, 0.5) is 0 Å². The first-order chi connectivity index (χ1) is 8.06. The average Bonchev–Trinajstić information content (AvgIpc) is 2.57. The molecule has 90 valence electrons. The Hall–Kier alpha value is -1.32. The molecule has 0 fully saturated rings. The first kappa shape index (κ1) is 12.1. The van der Waals surface area contributed by atoms with E-state index >= 15 is 0 Å². The molecule has 0 aliphatic heterocycles. The average molecular weight is 250 g/mol. The highest BCUT2D eigenvalue weighted by molar-refractivity contribution is 6.30. The molecule has 4 heteroatoms. The summed E-state index contributed by atoms with van der Waals surface area (Å²) >= 11 is 5.95. The number of benzene rings is 1. The van der Waals surface area contributed by atoms with Crippen LogP contribution in [-0.4, -0.2) is 9.78 Å². The molecule has 0 spiro atoms. The molecule has 2 rings (SSSR count). The maximum Gasteiger partial charge on any atom is 0.0596 e. The van der Waals surface area contributed by atoms with Gasteiger partial charge >= 0.3 is 0 Å². The lowest BCUT2D eigenvalue weighted by molar-refractivity contribution is 0.640. The van der Waals surface area contributed by atoms with Gasteiger partial charge in [-0.3, -0.25) is 4.68 Å². The number of rotatable bonds is 3. The lowest BCUT2D eigenvalue weighted by Gasteiger charge is -2.12. The van der Waals surface area contributed by atoms with E-state index in [1.807, 2.05) is 42.9 Å². The summed E-state index contributed by atoms with van der Waals surface area (Å²) < 4.78 is 1.87. The third-order valence-corrected chi connectivity index (χ3v) is 3.04. The molecule has 0 amide bonds. The number of nitrogens with two attached hydrogens (primary N) is 1. The first-order valence-corrected chi connectivity index (χ1v) is 5.94. The van der Waals surface area contributed by atoms with Crippen LogP contribution in [-0.2, 0) is 13.5 Å². The van der Waals surface area contributed by atoms with Crippen molar-refractivity contribution in [3.05, 3.63) is 52.3 Å². The summed E-state index contributed by atoms with van der Waals surface area (Å²) in [7, 11) is 1.94. The van der Waals surface area contributed by atoms with Gasteiger partial charge in [-0.15, -0.1) is 0 Å². The molecule has 2 aromatic rings. The Morgan fingerprint density at radius 1 is 1.41 bits per heavy atom. The Kier molecular flexibility index (Phi) is 3.50. The van der Waals surface area contributed by atoms with Gasteiger partial charge in [0.1, 0.15) is 0 Å². The topological polar surface area (TPSA) is 43.8 Å². The zero-order chi connectivity index (χ0) is 12.4. The summed E-state index contributed by atoms with van der Waals surface area (Å²) in [6, 6.07) is 9.70. The van der Waals surface area contributed by atoms with Crippen LogP contribution in [0.5, 0.6) is 0 Å². The van der Waals surface area contributed by atoms with Gasteiger partial charge in [-0.05, 0) is 30.7 Å². The second kappa shape index (κ2) is 4.90. The molecule has 2 N–H and O–H groups in total. The molecule has 0 saturated carbocycles. The molecule has 17 heavy (non-hydrogen) atoms. The van der Waals surface area contributed by atoms with Gasteiger partial charge in [0.15, 0.2) is 0 Å². The summed E-state index contributed by atoms with van der Waals surface area (Å²) in [5, 5.41) is 5.03. The molecule has 1 aromatic carbocycles. The summed E-state index contributed by atoms with van der Waals surface area (Å²) in [5.41, 5.74) is 9.38. The Morgan fingerprint density at radius 2 is 2.18 bits per heavy atom. The molecule has 0 radical (unpaired) electrons. The molecular formula is C13H16ClN3. The van der Waals surface area contributed by atoms with Gasteiger partial charge in [-0.2, -0.15) is 5.10 Å². The van der Waals surface area contributed by atoms with E-state index in [0.717, 1.165) is 28.4 Å². The highest BCUT2D eigenvalue weighted by atomic mass is 35.5. The van der Waals surface area contributed by atoms with Crippen molar-refractivity contribution in [3.63, 3.8) is 0 Å². The van der Waals surface area contributed by atoms with Gasteiger partial charge < -0.3 is 5.73 Å². The highest BCUT2D eigenvalue weighted by Crippen LogP contribution is 2.19. The van der Waals surface area contributed by atoms with Crippen LogP contribution >= 0.6 is 11.6 Å². The van der Waals surface area contributed by atoms with Crippen molar-refractivity contribution in [1.29, 1.82) is 0 Å². The summed E-state index contributed by atoms with van der Waals surface area (Å²) in [4.78, 5) is 0. The Balaban J connectivity index is 2.16. The minimum absolute atomic E-state index is 0.0523. The van der Waals surface area contributed by atoms with Crippen molar-refractivity contribution in [3.8, 4) is 0 Å². The monoisotopic (exact) mass is 249 g/mol. The van der Waals surface area contributed by atoms with Crippen molar-refractivity contribution in [2.45, 2.75) is 19.4 Å². The molecule has 0 aliphatic rings. The van der Waals surface area contributed by atoms with E-state index in [9.17, 15) is 0 Å². The van der Waals surface area contributed by atoms with Crippen LogP contribution in [0, 0.1) is 6.92 Å². The van der Waals surface area contributed by atoms with Gasteiger partial charge in [0.25, 0.3) is 0 Å². The number of hydrogen-bond donors (Lipinski definition) is 1. The fourth-order valence-electron chi connectivity index (χ4n) is 1.94. The molecule has 1 aromatic heterocycles. The molecule has 0 aliphatic carbocycles. The Bertz CT molecular complexity index is 519. The van der Waals surface area contributed by atoms with Crippen molar-refractivity contribution >= 4 is 11.6 Å². The van der Waals surface area contributed by atoms with E-state index in [4.69, 9.17) is 17.3 Å². The van der Waals surface area contributed by atoms with E-state index < -0.39 is 0 Å². The van der Waals surface area contributed by atoms with Gasteiger partial charge in [0.2, 0.25) is 0 Å². The molecular weight excluding hydrogens is 234 g/mol. The number of halogens is 1. The quantitative estimate of drug-likeness (QED) is 0.909. The fraction of sp³-hybridized carbons (Fsp3) is 0.308. The SMILES string of the molecule is Cc1cc(CC(N)c2cccc(Cl)c2)n(C)n1. The van der Waals surface area contributed by atoms with Crippen molar-refractivity contribution < 1.29 is 0 Å². The third kappa shape index (κ3) is 2.87. The minimum Gasteiger partial charge on any atom is -0.324 e. The highest BCUT2D eigenvalue weighted by Gasteiger charge is 2.10. The zero-order valence-electron chi connectivity index (χ0n) is 10.0. The van der Waals surface area contributed by atoms with Crippen molar-refractivity contribution in [2.75, 3.05) is 0 Å². The van der Waals surface area contributed by atoms with E-state index in [1.54, 1.807) is 0 Å². The molecule has 0 saturated heterocycles. The van der Waals surface area contributed by atoms with E-state index in [-0.39, 0.29) is 6.04 Å². The molecule has 1 atom stereocenters. The van der Waals surface area contributed by atoms with Crippen LogP contribution in [0.25, 0.3) is 0 Å². The summed E-state index contributed by atoms with van der Waals surface area (Å²) in [6.07, 6.45) is 0.762. The predicted molar refractivity (Wildman–Crippen MR) is 70.0 cm³/mol. The van der Waals surface area contributed by atoms with E-state index in [2.05, 4.69) is 11.2 Å². The van der Waals surface area contributed by atoms with Gasteiger partial charge in [0.05, 0.1) is 5.69 Å². The van der Waals surface area contributed by atoms with Crippen molar-refractivity contribution in [2.24, 2.45) is 12.8 Å². The lowest BCUT2D eigenvalue weighted by atomic mass is 10.0. The third-order valence-electron chi connectivity index (χ3n) is 2.80. The maximum atomic E-state index is 6.17. The molecule has 1 heterocycles. The molecule has 1 unspecified atom stereocenters. The van der Waals surface area contributed by atoms with Crippen LogP contribution in [0.1, 0.15) is 23.0 Å². The van der Waals surface area contributed by atoms with E-state index in [0.29, 0.717) is 0 Å². The number of hydrogen-bond acceptors (Lipinski definition) is 2. The van der Waals surface area contributed by atoms with Crippen molar-refractivity contribution in [1.82, 2.24) is 9.78 Å². The maximum absolute atomic E-state index is 6.17. The first-order valence-electron chi connectivity index (χ1n) is 5.57. The fourth-order valence-corrected chi connectivity index (χ4v) is 2.13. The number of nitrogens with zero attached hydrogens (tertiary/aromatic N) is 2. The lowest BCUT2D eigenvalue weighted by Crippen LogP contribution is -2.15. The largest absolute Gasteiger partial charge is 0.324 e. The smallest absolute Gasteiger partial charge is 0.0596 e. The van der Waals surface area contributed by atoms with E-state index in [1.165, 1.54) is 0 Å². The number of aryl methyl sites for hydroxylation is 2. The van der Waals surface area contributed by atoms with Crippen LogP contribution in [0.2, 0.25) is 5.02 Å². The van der Waals surface area contributed by atoms with Gasteiger partial charge in [-0.1, -0.05) is 23.7 Å². The number of aromatic nitrogens is 2. The van der Waals surface area contributed by atoms with Crippen LogP contribution in [0.15, 0.2) is 30.3 Å². The second-order valence-electron chi connectivity index (χ2n) is 4.27.